The lowest BCUT2D eigenvalue weighted by Gasteiger charge is -2.27. The van der Waals surface area contributed by atoms with Crippen molar-refractivity contribution >= 4 is 72.6 Å². The maximum absolute atomic E-state index is 14.1. The van der Waals surface area contributed by atoms with Crippen LogP contribution in [0.2, 0.25) is 0 Å². The van der Waals surface area contributed by atoms with Crippen LogP contribution in [0.15, 0.2) is 27.3 Å². The van der Waals surface area contributed by atoms with Crippen LogP contribution in [0.1, 0.15) is 66.8 Å². The fourth-order valence-electron chi connectivity index (χ4n) is 7.62. The lowest BCUT2D eigenvalue weighted by Crippen LogP contribution is -2.17. The van der Waals surface area contributed by atoms with Crippen molar-refractivity contribution in [3.63, 3.8) is 0 Å². The highest BCUT2D eigenvalue weighted by molar-refractivity contribution is 6.39. The molecule has 0 aliphatic heterocycles. The number of hydrogen-bond acceptors (Lipinski definition) is 10. The Morgan fingerprint density at radius 3 is 1.96 bits per heavy atom. The number of ketones is 1. The fraction of sp³-hybridized carbons (Fsp3) is 0.306. The summed E-state index contributed by atoms with van der Waals surface area (Å²) in [7, 11) is 1.38. The third kappa shape index (κ3) is 4.70. The number of rotatable bonds is 12. The molecule has 1 atom stereocenters. The number of carboxylic acid groups (broad SMARTS) is 2. The summed E-state index contributed by atoms with van der Waals surface area (Å²) in [6.45, 7) is 2.02. The second-order valence-corrected chi connectivity index (χ2v) is 12.2. The van der Waals surface area contributed by atoms with Crippen LogP contribution >= 0.6 is 0 Å². The molecule has 0 aromatic heterocycles. The molecule has 0 heterocycles. The first-order valence-corrected chi connectivity index (χ1v) is 15.4. The van der Waals surface area contributed by atoms with Gasteiger partial charge in [0.15, 0.2) is 10.9 Å². The minimum Gasteiger partial charge on any atom is -0.507 e. The number of carboxylic acids is 2. The zero-order valence-electron chi connectivity index (χ0n) is 26.4. The fourth-order valence-corrected chi connectivity index (χ4v) is 7.62. The van der Waals surface area contributed by atoms with Gasteiger partial charge >= 0.3 is 11.9 Å². The number of benzene rings is 5. The van der Waals surface area contributed by atoms with E-state index in [4.69, 9.17) is 4.74 Å². The van der Waals surface area contributed by atoms with E-state index < -0.39 is 47.7 Å². The molecule has 12 heteroatoms. The average molecular weight is 656 g/mol. The second kappa shape index (κ2) is 12.0. The highest BCUT2D eigenvalue weighted by Gasteiger charge is 2.36. The maximum Gasteiger partial charge on any atom is 0.303 e. The van der Waals surface area contributed by atoms with Gasteiger partial charge in [-0.15, -0.1) is 0 Å². The minimum absolute atomic E-state index is 0.120. The smallest absolute Gasteiger partial charge is 0.303 e. The molecule has 5 aromatic carbocycles. The van der Waals surface area contributed by atoms with E-state index >= 15 is 0 Å². The van der Waals surface area contributed by atoms with Gasteiger partial charge in [-0.05, 0) is 77.1 Å². The molecule has 1 aliphatic carbocycles. The summed E-state index contributed by atoms with van der Waals surface area (Å²) in [6.07, 6.45) is 1.17. The zero-order valence-corrected chi connectivity index (χ0v) is 26.4. The molecule has 0 saturated carbocycles. The van der Waals surface area contributed by atoms with Crippen LogP contribution in [-0.4, -0.2) is 56.9 Å². The highest BCUT2D eigenvalue weighted by atomic mass is 16.5. The number of nitrogens with one attached hydrogen (secondary N) is 1. The topological polar surface area (TPSA) is 208 Å². The van der Waals surface area contributed by atoms with Gasteiger partial charge in [0.2, 0.25) is 0 Å². The Morgan fingerprint density at radius 1 is 0.833 bits per heavy atom. The van der Waals surface area contributed by atoms with E-state index in [2.05, 4.69) is 5.32 Å². The summed E-state index contributed by atoms with van der Waals surface area (Å²) in [5, 5.41) is 56.9. The molecule has 0 bridgehead atoms. The molecule has 6 N–H and O–H groups in total. The molecule has 0 fully saturated rings. The molecular weight excluding hydrogens is 622 g/mol. The first-order chi connectivity index (χ1) is 22.9. The van der Waals surface area contributed by atoms with E-state index in [0.29, 0.717) is 43.6 Å². The van der Waals surface area contributed by atoms with Gasteiger partial charge in [0, 0.05) is 41.3 Å². The van der Waals surface area contributed by atoms with Crippen molar-refractivity contribution < 1.29 is 44.7 Å². The molecule has 0 radical (unpaired) electrons. The van der Waals surface area contributed by atoms with Crippen LogP contribution < -0.4 is 20.9 Å². The summed E-state index contributed by atoms with van der Waals surface area (Å²) in [6, 6.07) is 2.43. The number of aliphatic hydroxyl groups is 2. The normalized spacial score (nSPS) is 14.3. The molecule has 0 saturated heterocycles. The number of carbonyl (C=O) groups excluding carboxylic acids is 1. The number of hydrogen-bond donors (Lipinski definition) is 6. The minimum atomic E-state index is -1.14. The molecule has 48 heavy (non-hydrogen) atoms. The SMILES string of the molecule is COc1c(NCCCC(=O)O)c2c(=O)cc(CO)c3c4c(CO)cc(=O)c5c(O)c(CCC(=O)O)c6c(c(c1C(C(C)=O)C(C)=C6)c23)c54. The largest absolute Gasteiger partial charge is 0.507 e. The molecular formula is C36H33NO11. The molecule has 248 valence electrons. The van der Waals surface area contributed by atoms with Crippen LogP contribution in [0.3, 0.4) is 0 Å². The highest BCUT2D eigenvalue weighted by Crippen LogP contribution is 2.56. The number of phenols is 1. The number of aliphatic carboxylic acids is 2. The molecule has 12 nitrogen and oxygen atoms in total. The number of fused-ring (bicyclic) bond motifs is 1. The van der Waals surface area contributed by atoms with Crippen LogP contribution in [0.4, 0.5) is 5.69 Å². The van der Waals surface area contributed by atoms with Crippen molar-refractivity contribution in [2.75, 3.05) is 19.0 Å². The van der Waals surface area contributed by atoms with Crippen molar-refractivity contribution in [3.05, 3.63) is 66.0 Å². The van der Waals surface area contributed by atoms with Crippen molar-refractivity contribution in [2.24, 2.45) is 0 Å². The summed E-state index contributed by atoms with van der Waals surface area (Å²) in [5.74, 6) is -3.69. The second-order valence-electron chi connectivity index (χ2n) is 12.2. The van der Waals surface area contributed by atoms with Crippen molar-refractivity contribution in [1.29, 1.82) is 0 Å². The van der Waals surface area contributed by atoms with E-state index in [1.165, 1.54) is 26.2 Å². The number of allylic oxidation sites excluding steroid dienone is 1. The number of ether oxygens (including phenoxy) is 1. The van der Waals surface area contributed by atoms with Gasteiger partial charge in [0.1, 0.15) is 17.3 Å². The number of aliphatic hydroxyl groups excluding tert-OH is 2. The number of aromatic hydroxyl groups is 1. The molecule has 5 aromatic rings. The van der Waals surface area contributed by atoms with E-state index in [1.807, 2.05) is 0 Å². The average Bonchev–Trinajstić information content (AvgIpc) is 3.16. The number of Topliss-reactive ketones (excluding diaryl/α,β-unsaturated/α-hetero) is 1. The van der Waals surface area contributed by atoms with E-state index in [-0.39, 0.29) is 82.3 Å². The lowest BCUT2D eigenvalue weighted by molar-refractivity contribution is -0.138. The Bertz CT molecular complexity index is 2360. The maximum atomic E-state index is 14.1. The lowest BCUT2D eigenvalue weighted by atomic mass is 9.78. The third-order valence-corrected chi connectivity index (χ3v) is 9.38. The zero-order chi connectivity index (χ0) is 34.8. The Kier molecular flexibility index (Phi) is 8.18. The summed E-state index contributed by atoms with van der Waals surface area (Å²) in [5.41, 5.74) is 0.826. The molecule has 6 rings (SSSR count). The molecule has 0 amide bonds. The van der Waals surface area contributed by atoms with Crippen molar-refractivity contribution in [1.82, 2.24) is 0 Å². The van der Waals surface area contributed by atoms with Crippen LogP contribution in [-0.2, 0) is 34.0 Å². The van der Waals surface area contributed by atoms with E-state index in [9.17, 15) is 49.5 Å². The molecule has 1 aliphatic rings. The van der Waals surface area contributed by atoms with E-state index in [1.54, 1.807) is 13.0 Å². The van der Waals surface area contributed by atoms with Gasteiger partial charge < -0.3 is 35.6 Å². The van der Waals surface area contributed by atoms with Gasteiger partial charge in [-0.1, -0.05) is 11.6 Å². The third-order valence-electron chi connectivity index (χ3n) is 9.38. The quantitative estimate of drug-likeness (QED) is 0.0641. The van der Waals surface area contributed by atoms with Gasteiger partial charge in [-0.2, -0.15) is 0 Å². The standard InChI is InChI=1S/C36H33NO11/c1-14-9-19-18(6-7-23(45)46)35(47)29-21(42)11-17(13-39)25-26-16(12-38)10-20(41)28-31(26)32(27(19)30(25)29)33(24(14)15(2)40)36(48-3)34(28)37-8-4-5-22(43)44/h9-11,24,37-39,47H,4-8,12-13H2,1-3H3,(H,43,44)(H,45,46). The Hall–Kier alpha value is -5.33. The van der Waals surface area contributed by atoms with Crippen LogP contribution in [0.25, 0.3) is 49.2 Å². The number of carbonyl (C=O) groups is 3. The Morgan fingerprint density at radius 2 is 1.42 bits per heavy atom. The van der Waals surface area contributed by atoms with Gasteiger partial charge in [0.05, 0.1) is 42.7 Å². The van der Waals surface area contributed by atoms with Gasteiger partial charge in [-0.25, -0.2) is 0 Å². The summed E-state index contributed by atoms with van der Waals surface area (Å²) in [4.78, 5) is 64.5. The number of phenolic OH excluding ortho intramolecular Hbond substituents is 1. The van der Waals surface area contributed by atoms with Gasteiger partial charge in [-0.3, -0.25) is 24.0 Å². The predicted octanol–water partition coefficient (Wildman–Crippen LogP) is 3.98. The van der Waals surface area contributed by atoms with Crippen LogP contribution in [0.5, 0.6) is 11.5 Å². The van der Waals surface area contributed by atoms with Gasteiger partial charge in [0.25, 0.3) is 0 Å². The van der Waals surface area contributed by atoms with Crippen molar-refractivity contribution in [2.45, 2.75) is 58.7 Å². The van der Waals surface area contributed by atoms with Crippen molar-refractivity contribution in [3.8, 4) is 11.5 Å². The molecule has 1 unspecified atom stereocenters. The monoisotopic (exact) mass is 655 g/mol. The molecule has 0 spiro atoms. The summed E-state index contributed by atoms with van der Waals surface area (Å²) >= 11 is 0. The first-order valence-electron chi connectivity index (χ1n) is 15.4. The Balaban J connectivity index is 2.01. The number of anilines is 1. The summed E-state index contributed by atoms with van der Waals surface area (Å²) < 4.78 is 6.00. The number of methoxy groups -OCH3 is 1. The van der Waals surface area contributed by atoms with E-state index in [0.717, 1.165) is 0 Å². The predicted molar refractivity (Wildman–Crippen MR) is 180 cm³/mol. The van der Waals surface area contributed by atoms with Crippen LogP contribution in [0, 0.1) is 0 Å². The Labute approximate surface area is 272 Å². The first kappa shape index (κ1) is 32.6.